The summed E-state index contributed by atoms with van der Waals surface area (Å²) in [5.41, 5.74) is 5.82. The Hall–Kier alpha value is -0.460. The number of anilines is 2. The lowest BCUT2D eigenvalue weighted by atomic mass is 9.98. The molecule has 0 atom stereocenters. The minimum absolute atomic E-state index is 0.314. The highest BCUT2D eigenvalue weighted by Crippen LogP contribution is 2.38. The lowest BCUT2D eigenvalue weighted by Gasteiger charge is -2.31. The maximum absolute atomic E-state index is 9.10. The minimum Gasteiger partial charge on any atom is -0.396 e. The number of aliphatic hydroxyl groups excluding tert-OH is 1. The molecule has 3 N–H and O–H groups in total. The largest absolute Gasteiger partial charge is 0.396 e. The van der Waals surface area contributed by atoms with Gasteiger partial charge in [-0.3, -0.25) is 0 Å². The third-order valence-electron chi connectivity index (χ3n) is 3.02. The summed E-state index contributed by atoms with van der Waals surface area (Å²) in [4.78, 5) is 3.44. The molecule has 0 aliphatic carbocycles. The monoisotopic (exact) mass is 259 g/mol. The molecule has 1 fully saturated rings. The zero-order chi connectivity index (χ0) is 11.5. The summed E-state index contributed by atoms with van der Waals surface area (Å²) in [6.07, 6.45) is 4.15. The van der Waals surface area contributed by atoms with Crippen LogP contribution in [-0.2, 0) is 0 Å². The molecule has 0 unspecified atom stereocenters. The Morgan fingerprint density at radius 3 is 2.81 bits per heavy atom. The highest BCUT2D eigenvalue weighted by molar-refractivity contribution is 7.99. The van der Waals surface area contributed by atoms with Crippen molar-refractivity contribution in [2.24, 2.45) is 5.92 Å². The van der Waals surface area contributed by atoms with Crippen molar-refractivity contribution < 1.29 is 5.11 Å². The van der Waals surface area contributed by atoms with Crippen molar-refractivity contribution in [3.8, 4) is 0 Å². The summed E-state index contributed by atoms with van der Waals surface area (Å²) >= 11 is 3.14. The molecule has 1 saturated heterocycles. The number of nitrogens with two attached hydrogens (primary N) is 1. The van der Waals surface area contributed by atoms with E-state index in [1.54, 1.807) is 11.8 Å². The van der Waals surface area contributed by atoms with E-state index in [1.165, 1.54) is 16.5 Å². The number of thioether (sulfide) groups is 1. The van der Waals surface area contributed by atoms with Crippen molar-refractivity contribution in [2.45, 2.75) is 17.7 Å². The number of aliphatic hydroxyl groups is 1. The number of hydrogen-bond acceptors (Lipinski definition) is 6. The second-order valence-electron chi connectivity index (χ2n) is 4.02. The predicted octanol–water partition coefficient (Wildman–Crippen LogP) is 1.66. The molecule has 0 aromatic carbocycles. The predicted molar refractivity (Wildman–Crippen MR) is 70.3 cm³/mol. The Kier molecular flexibility index (Phi) is 3.94. The van der Waals surface area contributed by atoms with Crippen LogP contribution in [0.2, 0.25) is 0 Å². The molecular weight excluding hydrogens is 242 g/mol. The highest BCUT2D eigenvalue weighted by atomic mass is 32.2. The van der Waals surface area contributed by atoms with Gasteiger partial charge in [-0.15, -0.1) is 11.8 Å². The number of nitrogen functional groups attached to an aromatic ring is 1. The Labute approximate surface area is 104 Å². The first-order valence-corrected chi connectivity index (χ1v) is 7.41. The summed E-state index contributed by atoms with van der Waals surface area (Å²) in [7, 11) is 0. The fourth-order valence-electron chi connectivity index (χ4n) is 2.00. The van der Waals surface area contributed by atoms with Crippen LogP contribution in [0.1, 0.15) is 12.8 Å². The van der Waals surface area contributed by atoms with Crippen LogP contribution in [0.5, 0.6) is 0 Å². The van der Waals surface area contributed by atoms with Crippen LogP contribution in [0.15, 0.2) is 4.90 Å². The van der Waals surface area contributed by atoms with Gasteiger partial charge in [-0.1, -0.05) is 0 Å². The van der Waals surface area contributed by atoms with Crippen molar-refractivity contribution in [3.05, 3.63) is 0 Å². The van der Waals surface area contributed by atoms with Gasteiger partial charge in [0.05, 0.1) is 4.90 Å². The molecule has 1 aromatic heterocycles. The van der Waals surface area contributed by atoms with Gasteiger partial charge in [-0.25, -0.2) is 0 Å². The molecule has 1 aromatic rings. The van der Waals surface area contributed by atoms with E-state index < -0.39 is 0 Å². The van der Waals surface area contributed by atoms with Gasteiger partial charge in [-0.2, -0.15) is 4.37 Å². The van der Waals surface area contributed by atoms with Crippen LogP contribution in [0.25, 0.3) is 0 Å². The molecule has 16 heavy (non-hydrogen) atoms. The van der Waals surface area contributed by atoms with E-state index >= 15 is 0 Å². The fraction of sp³-hybridized carbons (Fsp3) is 0.700. The number of nitrogens with zero attached hydrogens (tertiary/aromatic N) is 2. The van der Waals surface area contributed by atoms with E-state index in [2.05, 4.69) is 9.27 Å². The van der Waals surface area contributed by atoms with Crippen LogP contribution < -0.4 is 10.6 Å². The molecule has 2 rings (SSSR count). The number of hydrogen-bond donors (Lipinski definition) is 2. The SMILES string of the molecule is CSc1c(N)nsc1N1CCC(CO)CC1. The Morgan fingerprint density at radius 2 is 2.25 bits per heavy atom. The molecule has 0 bridgehead atoms. The quantitative estimate of drug-likeness (QED) is 0.808. The second kappa shape index (κ2) is 5.25. The van der Waals surface area contributed by atoms with Crippen LogP contribution >= 0.6 is 23.3 Å². The first-order valence-electron chi connectivity index (χ1n) is 5.41. The van der Waals surface area contributed by atoms with Crippen molar-refractivity contribution in [1.82, 2.24) is 4.37 Å². The van der Waals surface area contributed by atoms with Gasteiger partial charge in [0.15, 0.2) is 5.82 Å². The van der Waals surface area contributed by atoms with Crippen LogP contribution in [-0.4, -0.2) is 35.4 Å². The average molecular weight is 259 g/mol. The minimum atomic E-state index is 0.314. The average Bonchev–Trinajstić information content (AvgIpc) is 2.70. The summed E-state index contributed by atoms with van der Waals surface area (Å²) in [6, 6.07) is 0. The van der Waals surface area contributed by atoms with E-state index in [9.17, 15) is 0 Å². The Bertz CT molecular complexity index is 348. The van der Waals surface area contributed by atoms with E-state index in [1.807, 2.05) is 6.26 Å². The molecule has 2 heterocycles. The van der Waals surface area contributed by atoms with Crippen molar-refractivity contribution >= 4 is 34.1 Å². The van der Waals surface area contributed by atoms with E-state index in [0.717, 1.165) is 30.8 Å². The van der Waals surface area contributed by atoms with Crippen molar-refractivity contribution in [2.75, 3.05) is 36.6 Å². The number of rotatable bonds is 3. The molecule has 0 amide bonds. The van der Waals surface area contributed by atoms with Gasteiger partial charge >= 0.3 is 0 Å². The molecule has 1 aliphatic heterocycles. The van der Waals surface area contributed by atoms with Gasteiger partial charge in [0.2, 0.25) is 0 Å². The maximum atomic E-state index is 9.10. The molecule has 0 saturated carbocycles. The van der Waals surface area contributed by atoms with Gasteiger partial charge < -0.3 is 15.7 Å². The normalized spacial score (nSPS) is 18.0. The number of aromatic nitrogens is 1. The fourth-order valence-corrected chi connectivity index (χ4v) is 3.74. The molecule has 1 aliphatic rings. The Balaban J connectivity index is 2.08. The standard InChI is InChI=1S/C10H17N3OS2/c1-15-8-9(11)12-16-10(8)13-4-2-7(6-14)3-5-13/h7,14H,2-6H2,1H3,(H2,11,12). The first kappa shape index (κ1) is 12.0. The lowest BCUT2D eigenvalue weighted by Crippen LogP contribution is -2.34. The van der Waals surface area contributed by atoms with Crippen LogP contribution in [0, 0.1) is 5.92 Å². The zero-order valence-electron chi connectivity index (χ0n) is 9.35. The maximum Gasteiger partial charge on any atom is 0.153 e. The number of piperidine rings is 1. The third kappa shape index (κ3) is 2.28. The van der Waals surface area contributed by atoms with Crippen molar-refractivity contribution in [3.63, 3.8) is 0 Å². The van der Waals surface area contributed by atoms with E-state index in [-0.39, 0.29) is 0 Å². The molecule has 90 valence electrons. The zero-order valence-corrected chi connectivity index (χ0v) is 11.0. The summed E-state index contributed by atoms with van der Waals surface area (Å²) in [5, 5.41) is 10.3. The molecule has 6 heteroatoms. The summed E-state index contributed by atoms with van der Waals surface area (Å²) in [5.74, 6) is 1.12. The van der Waals surface area contributed by atoms with E-state index in [0.29, 0.717) is 18.3 Å². The van der Waals surface area contributed by atoms with Gasteiger partial charge in [0.1, 0.15) is 5.00 Å². The van der Waals surface area contributed by atoms with Gasteiger partial charge in [-0.05, 0) is 36.5 Å². The Morgan fingerprint density at radius 1 is 1.56 bits per heavy atom. The van der Waals surface area contributed by atoms with E-state index in [4.69, 9.17) is 10.8 Å². The van der Waals surface area contributed by atoms with Crippen LogP contribution in [0.4, 0.5) is 10.8 Å². The summed E-state index contributed by atoms with van der Waals surface area (Å²) in [6.45, 7) is 2.31. The lowest BCUT2D eigenvalue weighted by molar-refractivity contribution is 0.203. The van der Waals surface area contributed by atoms with Gasteiger partial charge in [0.25, 0.3) is 0 Å². The summed E-state index contributed by atoms with van der Waals surface area (Å²) < 4.78 is 4.21. The second-order valence-corrected chi connectivity index (χ2v) is 5.59. The smallest absolute Gasteiger partial charge is 0.153 e. The highest BCUT2D eigenvalue weighted by Gasteiger charge is 2.23. The molecule has 4 nitrogen and oxygen atoms in total. The first-order chi connectivity index (χ1) is 7.76. The van der Waals surface area contributed by atoms with Crippen molar-refractivity contribution in [1.29, 1.82) is 0 Å². The molecular formula is C10H17N3OS2. The van der Waals surface area contributed by atoms with Gasteiger partial charge in [0, 0.05) is 19.7 Å². The molecule has 0 spiro atoms. The third-order valence-corrected chi connectivity index (χ3v) is 4.88. The topological polar surface area (TPSA) is 62.4 Å². The van der Waals surface area contributed by atoms with Crippen LogP contribution in [0.3, 0.4) is 0 Å². The molecule has 0 radical (unpaired) electrons.